The Labute approximate surface area is 124 Å². The van der Waals surface area contributed by atoms with Gasteiger partial charge in [0.05, 0.1) is 16.3 Å². The van der Waals surface area contributed by atoms with Gasteiger partial charge in [-0.15, -0.1) is 0 Å². The number of nitrogen functional groups attached to an aromatic ring is 1. The summed E-state index contributed by atoms with van der Waals surface area (Å²) in [4.78, 5) is 11.0. The van der Waals surface area contributed by atoms with Crippen molar-refractivity contribution in [2.45, 2.75) is 6.54 Å². The Morgan fingerprint density at radius 1 is 1.24 bits per heavy atom. The molecule has 2 rings (SSSR count). The van der Waals surface area contributed by atoms with Gasteiger partial charge in [-0.05, 0) is 29.8 Å². The number of nitrogens with two attached hydrogens (primary N) is 1. The van der Waals surface area contributed by atoms with E-state index in [0.717, 1.165) is 12.1 Å². The van der Waals surface area contributed by atoms with Crippen molar-refractivity contribution in [1.82, 2.24) is 0 Å². The van der Waals surface area contributed by atoms with Crippen molar-refractivity contribution in [3.63, 3.8) is 0 Å². The number of anilines is 2. The molecule has 21 heavy (non-hydrogen) atoms. The first-order chi connectivity index (χ1) is 9.88. The zero-order valence-corrected chi connectivity index (χ0v) is 11.4. The smallest absolute Gasteiger partial charge is 0.337 e. The number of carboxylic acids is 1. The van der Waals surface area contributed by atoms with Gasteiger partial charge in [0.15, 0.2) is 0 Å². The van der Waals surface area contributed by atoms with E-state index in [1.54, 1.807) is 0 Å². The summed E-state index contributed by atoms with van der Waals surface area (Å²) in [6.07, 6.45) is 0. The van der Waals surface area contributed by atoms with Gasteiger partial charge in [0.25, 0.3) is 0 Å². The van der Waals surface area contributed by atoms with Crippen molar-refractivity contribution >= 4 is 28.9 Å². The molecule has 0 aliphatic carbocycles. The molecule has 0 amide bonds. The number of carbonyl (C=O) groups is 1. The summed E-state index contributed by atoms with van der Waals surface area (Å²) in [6, 6.07) is 6.13. The summed E-state index contributed by atoms with van der Waals surface area (Å²) in [5, 5.41) is 11.6. The van der Waals surface area contributed by atoms with E-state index in [9.17, 15) is 13.6 Å². The number of aromatic carboxylic acids is 1. The van der Waals surface area contributed by atoms with Crippen molar-refractivity contribution < 1.29 is 18.7 Å². The van der Waals surface area contributed by atoms with Gasteiger partial charge in [-0.3, -0.25) is 0 Å². The van der Waals surface area contributed by atoms with Crippen molar-refractivity contribution in [3.05, 3.63) is 58.1 Å². The van der Waals surface area contributed by atoms with Crippen LogP contribution in [0.25, 0.3) is 0 Å². The molecule has 0 atom stereocenters. The second-order valence-corrected chi connectivity index (χ2v) is 4.73. The maximum atomic E-state index is 13.7. The predicted molar refractivity (Wildman–Crippen MR) is 76.5 cm³/mol. The summed E-state index contributed by atoms with van der Waals surface area (Å²) >= 11 is 5.64. The van der Waals surface area contributed by atoms with Crippen LogP contribution in [-0.4, -0.2) is 11.1 Å². The molecule has 0 saturated heterocycles. The van der Waals surface area contributed by atoms with Crippen molar-refractivity contribution in [1.29, 1.82) is 0 Å². The van der Waals surface area contributed by atoms with Crippen molar-refractivity contribution in [3.8, 4) is 0 Å². The highest BCUT2D eigenvalue weighted by molar-refractivity contribution is 6.30. The first kappa shape index (κ1) is 15.1. The van der Waals surface area contributed by atoms with Crippen LogP contribution in [0.2, 0.25) is 5.02 Å². The number of hydrogen-bond donors (Lipinski definition) is 3. The Bertz CT molecular complexity index is 708. The summed E-state index contributed by atoms with van der Waals surface area (Å²) in [6.45, 7) is 0.153. The normalized spacial score (nSPS) is 10.4. The van der Waals surface area contributed by atoms with E-state index >= 15 is 0 Å². The Morgan fingerprint density at radius 2 is 1.95 bits per heavy atom. The van der Waals surface area contributed by atoms with E-state index < -0.39 is 17.6 Å². The lowest BCUT2D eigenvalue weighted by Crippen LogP contribution is -2.07. The number of halogens is 3. The molecule has 110 valence electrons. The minimum Gasteiger partial charge on any atom is -0.478 e. The Balaban J connectivity index is 2.21. The van der Waals surface area contributed by atoms with E-state index in [0.29, 0.717) is 5.56 Å². The van der Waals surface area contributed by atoms with Crippen molar-refractivity contribution in [2.75, 3.05) is 11.1 Å². The van der Waals surface area contributed by atoms with Crippen LogP contribution in [0.15, 0.2) is 30.3 Å². The van der Waals surface area contributed by atoms with E-state index in [1.807, 2.05) is 0 Å². The van der Waals surface area contributed by atoms with Crippen LogP contribution in [0.1, 0.15) is 15.9 Å². The Morgan fingerprint density at radius 3 is 2.57 bits per heavy atom. The molecule has 0 saturated carbocycles. The molecule has 0 fully saturated rings. The summed E-state index contributed by atoms with van der Waals surface area (Å²) < 4.78 is 26.7. The van der Waals surface area contributed by atoms with Crippen LogP contribution in [0.3, 0.4) is 0 Å². The molecular weight excluding hydrogens is 302 g/mol. The monoisotopic (exact) mass is 312 g/mol. The third kappa shape index (κ3) is 3.41. The van der Waals surface area contributed by atoms with Gasteiger partial charge in [0.1, 0.15) is 11.6 Å². The molecule has 0 aliphatic rings. The van der Waals surface area contributed by atoms with Crippen LogP contribution in [0, 0.1) is 11.6 Å². The van der Waals surface area contributed by atoms with Gasteiger partial charge >= 0.3 is 5.97 Å². The molecule has 0 aromatic heterocycles. The van der Waals surface area contributed by atoms with Crippen molar-refractivity contribution in [2.24, 2.45) is 0 Å². The van der Waals surface area contributed by atoms with Crippen LogP contribution < -0.4 is 11.1 Å². The zero-order valence-electron chi connectivity index (χ0n) is 10.7. The van der Waals surface area contributed by atoms with Crippen LogP contribution >= 0.6 is 11.6 Å². The second-order valence-electron chi connectivity index (χ2n) is 4.33. The number of carboxylic acid groups (broad SMARTS) is 1. The van der Waals surface area contributed by atoms with E-state index in [-0.39, 0.29) is 28.5 Å². The molecule has 0 heterocycles. The molecule has 0 radical (unpaired) electrons. The molecule has 0 aliphatic heterocycles. The Hall–Kier alpha value is -2.34. The lowest BCUT2D eigenvalue weighted by atomic mass is 10.1. The minimum atomic E-state index is -1.25. The highest BCUT2D eigenvalue weighted by Gasteiger charge is 2.13. The summed E-state index contributed by atoms with van der Waals surface area (Å²) in [5.74, 6) is -2.47. The van der Waals surface area contributed by atoms with Gasteiger partial charge in [0.2, 0.25) is 0 Å². The summed E-state index contributed by atoms with van der Waals surface area (Å²) in [5.41, 5.74) is 5.68. The fourth-order valence-electron chi connectivity index (χ4n) is 1.76. The first-order valence-corrected chi connectivity index (χ1v) is 6.26. The third-order valence-corrected chi connectivity index (χ3v) is 3.13. The van der Waals surface area contributed by atoms with E-state index in [1.165, 1.54) is 18.2 Å². The molecule has 0 bridgehead atoms. The molecular formula is C14H11ClF2N2O2. The van der Waals surface area contributed by atoms with Crippen LogP contribution in [-0.2, 0) is 6.54 Å². The van der Waals surface area contributed by atoms with E-state index in [2.05, 4.69) is 5.32 Å². The molecule has 0 spiro atoms. The van der Waals surface area contributed by atoms with Gasteiger partial charge < -0.3 is 16.2 Å². The predicted octanol–water partition coefficient (Wildman–Crippen LogP) is 3.51. The first-order valence-electron chi connectivity index (χ1n) is 5.88. The second kappa shape index (κ2) is 5.97. The maximum Gasteiger partial charge on any atom is 0.337 e. The lowest BCUT2D eigenvalue weighted by Gasteiger charge is -2.10. The highest BCUT2D eigenvalue weighted by atomic mass is 35.5. The standard InChI is InChI=1S/C14H11ClF2N2O2/c15-9-3-7(1-2-10(9)16)6-19-13-4-8(14(20)21)12(18)5-11(13)17/h1-5,19H,6,18H2,(H,20,21). The molecule has 2 aromatic carbocycles. The average Bonchev–Trinajstić information content (AvgIpc) is 2.41. The van der Waals surface area contributed by atoms with Gasteiger partial charge in [-0.25, -0.2) is 13.6 Å². The summed E-state index contributed by atoms with van der Waals surface area (Å²) in [7, 11) is 0. The molecule has 4 N–H and O–H groups in total. The molecule has 2 aromatic rings. The topological polar surface area (TPSA) is 75.3 Å². The van der Waals surface area contributed by atoms with Gasteiger partial charge in [-0.1, -0.05) is 17.7 Å². The average molecular weight is 313 g/mol. The zero-order chi connectivity index (χ0) is 15.6. The Kier molecular flexibility index (Phi) is 4.28. The van der Waals surface area contributed by atoms with Gasteiger partial charge in [0, 0.05) is 12.2 Å². The molecule has 7 heteroatoms. The van der Waals surface area contributed by atoms with Crippen LogP contribution in [0.5, 0.6) is 0 Å². The molecule has 0 unspecified atom stereocenters. The number of hydrogen-bond acceptors (Lipinski definition) is 3. The van der Waals surface area contributed by atoms with Crippen LogP contribution in [0.4, 0.5) is 20.2 Å². The SMILES string of the molecule is Nc1cc(F)c(NCc2ccc(F)c(Cl)c2)cc1C(=O)O. The lowest BCUT2D eigenvalue weighted by molar-refractivity contribution is 0.0698. The third-order valence-electron chi connectivity index (χ3n) is 2.84. The van der Waals surface area contributed by atoms with E-state index in [4.69, 9.17) is 22.4 Å². The van der Waals surface area contributed by atoms with Gasteiger partial charge in [-0.2, -0.15) is 0 Å². The highest BCUT2D eigenvalue weighted by Crippen LogP contribution is 2.23. The largest absolute Gasteiger partial charge is 0.478 e. The fraction of sp³-hybridized carbons (Fsp3) is 0.0714. The molecule has 4 nitrogen and oxygen atoms in total. The number of rotatable bonds is 4. The quantitative estimate of drug-likeness (QED) is 0.755. The number of nitrogens with one attached hydrogen (secondary N) is 1. The fourth-order valence-corrected chi connectivity index (χ4v) is 1.96. The maximum absolute atomic E-state index is 13.7. The minimum absolute atomic E-state index is 0.0120. The number of benzene rings is 2.